The Hall–Kier alpha value is -1.93. The van der Waals surface area contributed by atoms with Gasteiger partial charge in [-0.25, -0.2) is 13.8 Å². The fourth-order valence-electron chi connectivity index (χ4n) is 1.48. The molecule has 0 amide bonds. The molecule has 0 bridgehead atoms. The number of carboxylic acid groups (broad SMARTS) is 1. The standard InChI is InChI=1S/C10H8F5NO3/c1-4-7(8(11)12)5(2-6(17)18)3-16-9(4)19-10(13,14)15/h3,8H,2H2,1H3,(H,17,18). The number of carbonyl (C=O) groups is 1. The molecule has 0 radical (unpaired) electrons. The highest BCUT2D eigenvalue weighted by Gasteiger charge is 2.34. The van der Waals surface area contributed by atoms with Crippen LogP contribution in [0.1, 0.15) is 23.1 Å². The maximum absolute atomic E-state index is 12.8. The Kier molecular flexibility index (Phi) is 4.28. The van der Waals surface area contributed by atoms with E-state index in [1.54, 1.807) is 0 Å². The minimum atomic E-state index is -5.06. The summed E-state index contributed by atoms with van der Waals surface area (Å²) in [6, 6.07) is 0. The van der Waals surface area contributed by atoms with Crippen molar-refractivity contribution in [1.29, 1.82) is 0 Å². The van der Waals surface area contributed by atoms with Crippen LogP contribution in [0, 0.1) is 6.92 Å². The van der Waals surface area contributed by atoms with Gasteiger partial charge in [-0.05, 0) is 12.5 Å². The van der Waals surface area contributed by atoms with Crippen molar-refractivity contribution in [2.24, 2.45) is 0 Å². The predicted molar refractivity (Wildman–Crippen MR) is 52.0 cm³/mol. The Labute approximate surface area is 103 Å². The van der Waals surface area contributed by atoms with E-state index in [1.807, 2.05) is 0 Å². The molecule has 0 aliphatic rings. The molecule has 0 unspecified atom stereocenters. The first-order valence-corrected chi connectivity index (χ1v) is 4.86. The molecule has 106 valence electrons. The zero-order valence-electron chi connectivity index (χ0n) is 9.46. The molecule has 9 heteroatoms. The maximum atomic E-state index is 12.8. The van der Waals surface area contributed by atoms with Crippen molar-refractivity contribution in [3.8, 4) is 5.88 Å². The molecule has 1 aromatic rings. The van der Waals surface area contributed by atoms with Gasteiger partial charge in [0.25, 0.3) is 6.43 Å². The largest absolute Gasteiger partial charge is 0.574 e. The number of nitrogens with zero attached hydrogens (tertiary/aromatic N) is 1. The number of halogens is 5. The van der Waals surface area contributed by atoms with E-state index in [0.717, 1.165) is 6.92 Å². The van der Waals surface area contributed by atoms with E-state index >= 15 is 0 Å². The molecule has 0 saturated heterocycles. The van der Waals surface area contributed by atoms with Gasteiger partial charge in [-0.3, -0.25) is 4.79 Å². The second kappa shape index (κ2) is 5.37. The van der Waals surface area contributed by atoms with Crippen LogP contribution in [0.15, 0.2) is 6.20 Å². The van der Waals surface area contributed by atoms with E-state index in [-0.39, 0.29) is 5.56 Å². The van der Waals surface area contributed by atoms with Crippen LogP contribution in [0.2, 0.25) is 0 Å². The van der Waals surface area contributed by atoms with E-state index in [2.05, 4.69) is 9.72 Å². The Morgan fingerprint density at radius 3 is 2.47 bits per heavy atom. The summed E-state index contributed by atoms with van der Waals surface area (Å²) in [6.07, 6.45) is -8.32. The quantitative estimate of drug-likeness (QED) is 0.864. The fraction of sp³-hybridized carbons (Fsp3) is 0.400. The van der Waals surface area contributed by atoms with E-state index in [9.17, 15) is 26.7 Å². The molecule has 0 fully saturated rings. The van der Waals surface area contributed by atoms with Crippen molar-refractivity contribution >= 4 is 5.97 Å². The lowest BCUT2D eigenvalue weighted by Crippen LogP contribution is -2.19. The summed E-state index contributed by atoms with van der Waals surface area (Å²) in [5.41, 5.74) is -1.70. The summed E-state index contributed by atoms with van der Waals surface area (Å²) >= 11 is 0. The first-order chi connectivity index (χ1) is 8.61. The Morgan fingerprint density at radius 2 is 2.05 bits per heavy atom. The highest BCUT2D eigenvalue weighted by atomic mass is 19.4. The van der Waals surface area contributed by atoms with E-state index in [0.29, 0.717) is 6.20 Å². The average molecular weight is 285 g/mol. The normalized spacial score (nSPS) is 11.7. The van der Waals surface area contributed by atoms with E-state index < -0.39 is 42.2 Å². The highest BCUT2D eigenvalue weighted by molar-refractivity contribution is 5.71. The summed E-state index contributed by atoms with van der Waals surface area (Å²) < 4.78 is 65.1. The number of hydrogen-bond acceptors (Lipinski definition) is 3. The topological polar surface area (TPSA) is 59.4 Å². The molecule has 1 aromatic heterocycles. The third-order valence-electron chi connectivity index (χ3n) is 2.18. The van der Waals surface area contributed by atoms with Crippen LogP contribution >= 0.6 is 0 Å². The van der Waals surface area contributed by atoms with Crippen molar-refractivity contribution < 1.29 is 36.6 Å². The number of aliphatic carboxylic acids is 1. The van der Waals surface area contributed by atoms with Crippen molar-refractivity contribution in [2.45, 2.75) is 26.1 Å². The number of hydrogen-bond donors (Lipinski definition) is 1. The van der Waals surface area contributed by atoms with Crippen LogP contribution in [0.25, 0.3) is 0 Å². The molecule has 0 spiro atoms. The van der Waals surface area contributed by atoms with Crippen LogP contribution in [0.4, 0.5) is 22.0 Å². The highest BCUT2D eigenvalue weighted by Crippen LogP contribution is 2.33. The average Bonchev–Trinajstić information content (AvgIpc) is 2.19. The molecule has 1 heterocycles. The SMILES string of the molecule is Cc1c(OC(F)(F)F)ncc(CC(=O)O)c1C(F)F. The van der Waals surface area contributed by atoms with Gasteiger partial charge in [0.15, 0.2) is 0 Å². The monoisotopic (exact) mass is 285 g/mol. The van der Waals surface area contributed by atoms with Gasteiger partial charge in [-0.1, -0.05) is 0 Å². The van der Waals surface area contributed by atoms with Gasteiger partial charge in [0.2, 0.25) is 5.88 Å². The molecule has 0 aliphatic carbocycles. The number of pyridine rings is 1. The van der Waals surface area contributed by atoms with Crippen LogP contribution < -0.4 is 4.74 Å². The van der Waals surface area contributed by atoms with E-state index in [1.165, 1.54) is 0 Å². The predicted octanol–water partition coefficient (Wildman–Crippen LogP) is 2.85. The summed E-state index contributed by atoms with van der Waals surface area (Å²) in [7, 11) is 0. The molecular formula is C10H8F5NO3. The van der Waals surface area contributed by atoms with Gasteiger partial charge in [0.1, 0.15) is 0 Å². The number of ether oxygens (including phenoxy) is 1. The number of rotatable bonds is 4. The lowest BCUT2D eigenvalue weighted by atomic mass is 10.0. The molecule has 4 nitrogen and oxygen atoms in total. The maximum Gasteiger partial charge on any atom is 0.574 e. The van der Waals surface area contributed by atoms with Gasteiger partial charge in [0, 0.05) is 17.3 Å². The van der Waals surface area contributed by atoms with Gasteiger partial charge in [-0.2, -0.15) is 0 Å². The number of carboxylic acids is 1. The second-order valence-corrected chi connectivity index (χ2v) is 3.55. The first-order valence-electron chi connectivity index (χ1n) is 4.86. The molecule has 1 N–H and O–H groups in total. The molecule has 0 atom stereocenters. The van der Waals surface area contributed by atoms with Crippen molar-refractivity contribution in [3.63, 3.8) is 0 Å². The van der Waals surface area contributed by atoms with Gasteiger partial charge >= 0.3 is 12.3 Å². The minimum absolute atomic E-state index is 0.352. The first kappa shape index (κ1) is 15.1. The lowest BCUT2D eigenvalue weighted by Gasteiger charge is -2.15. The lowest BCUT2D eigenvalue weighted by molar-refractivity contribution is -0.276. The third-order valence-corrected chi connectivity index (χ3v) is 2.18. The zero-order chi connectivity index (χ0) is 14.8. The number of aromatic nitrogens is 1. The summed E-state index contributed by atoms with van der Waals surface area (Å²) in [5.74, 6) is -2.41. The number of alkyl halides is 5. The molecule has 0 saturated carbocycles. The van der Waals surface area contributed by atoms with Gasteiger partial charge < -0.3 is 9.84 Å². The molecular weight excluding hydrogens is 277 g/mol. The van der Waals surface area contributed by atoms with Crippen LogP contribution in [0.5, 0.6) is 5.88 Å². The van der Waals surface area contributed by atoms with Gasteiger partial charge in [0.05, 0.1) is 6.42 Å². The second-order valence-electron chi connectivity index (χ2n) is 3.55. The summed E-state index contributed by atoms with van der Waals surface area (Å²) in [5, 5.41) is 8.54. The fourth-order valence-corrected chi connectivity index (χ4v) is 1.48. The Balaban J connectivity index is 3.27. The summed E-state index contributed by atoms with van der Waals surface area (Å²) in [6.45, 7) is 0.959. The van der Waals surface area contributed by atoms with Crippen LogP contribution in [-0.2, 0) is 11.2 Å². The Bertz CT molecular complexity index is 487. The van der Waals surface area contributed by atoms with Crippen molar-refractivity contribution in [1.82, 2.24) is 4.98 Å². The molecule has 0 aliphatic heterocycles. The smallest absolute Gasteiger partial charge is 0.481 e. The minimum Gasteiger partial charge on any atom is -0.481 e. The van der Waals surface area contributed by atoms with Crippen LogP contribution in [0.3, 0.4) is 0 Å². The molecule has 0 aromatic carbocycles. The van der Waals surface area contributed by atoms with Crippen molar-refractivity contribution in [2.75, 3.05) is 0 Å². The zero-order valence-corrected chi connectivity index (χ0v) is 9.46. The van der Waals surface area contributed by atoms with Crippen LogP contribution in [-0.4, -0.2) is 22.4 Å². The molecule has 19 heavy (non-hydrogen) atoms. The van der Waals surface area contributed by atoms with Gasteiger partial charge in [-0.15, -0.1) is 13.2 Å². The Morgan fingerprint density at radius 1 is 1.47 bits per heavy atom. The third kappa shape index (κ3) is 4.04. The van der Waals surface area contributed by atoms with Crippen molar-refractivity contribution in [3.05, 3.63) is 22.9 Å². The van der Waals surface area contributed by atoms with E-state index in [4.69, 9.17) is 5.11 Å². The molecule has 1 rings (SSSR count). The summed E-state index contributed by atoms with van der Waals surface area (Å²) in [4.78, 5) is 13.7.